The average molecular weight is 319 g/mol. The van der Waals surface area contributed by atoms with Crippen LogP contribution in [0.15, 0.2) is 23.2 Å². The van der Waals surface area contributed by atoms with Crippen LogP contribution in [0.1, 0.15) is 12.5 Å². The van der Waals surface area contributed by atoms with Crippen LogP contribution in [0.3, 0.4) is 0 Å². The molecule has 0 amide bonds. The summed E-state index contributed by atoms with van der Waals surface area (Å²) in [6.45, 7) is 9.18. The first-order chi connectivity index (χ1) is 10.7. The van der Waals surface area contributed by atoms with Crippen LogP contribution >= 0.6 is 11.6 Å². The predicted molar refractivity (Wildman–Crippen MR) is 94.8 cm³/mol. The fourth-order valence-electron chi connectivity index (χ4n) is 2.63. The molecule has 1 N–H and O–H groups in total. The Bertz CT molecular complexity index is 569. The Morgan fingerprint density at radius 2 is 2.09 bits per heavy atom. The number of aliphatic imine (C=N–C) groups is 1. The van der Waals surface area contributed by atoms with E-state index in [9.17, 15) is 0 Å². The molecular formula is C17H23ClN4. The first-order valence-electron chi connectivity index (χ1n) is 7.63. The van der Waals surface area contributed by atoms with Crippen molar-refractivity contribution in [3.8, 4) is 12.3 Å². The minimum absolute atomic E-state index is 0.413. The van der Waals surface area contributed by atoms with Crippen molar-refractivity contribution in [3.05, 3.63) is 28.8 Å². The topological polar surface area (TPSA) is 30.9 Å². The Hall–Kier alpha value is -1.86. The Morgan fingerprint density at radius 3 is 2.73 bits per heavy atom. The average Bonchev–Trinajstić information content (AvgIpc) is 2.54. The molecule has 0 bridgehead atoms. The summed E-state index contributed by atoms with van der Waals surface area (Å²) in [4.78, 5) is 9.08. The van der Waals surface area contributed by atoms with Crippen molar-refractivity contribution in [1.29, 1.82) is 0 Å². The molecule has 0 aliphatic carbocycles. The molecule has 2 rings (SSSR count). The fraction of sp³-hybridized carbons (Fsp3) is 0.471. The molecule has 0 radical (unpaired) electrons. The molecule has 0 aromatic heterocycles. The minimum atomic E-state index is 0.413. The highest BCUT2D eigenvalue weighted by Gasteiger charge is 2.20. The van der Waals surface area contributed by atoms with E-state index in [4.69, 9.17) is 18.0 Å². The van der Waals surface area contributed by atoms with Crippen LogP contribution in [0.5, 0.6) is 0 Å². The Kier molecular flexibility index (Phi) is 5.97. The highest BCUT2D eigenvalue weighted by Crippen LogP contribution is 2.25. The molecule has 1 fully saturated rings. The van der Waals surface area contributed by atoms with Gasteiger partial charge in [0.25, 0.3) is 0 Å². The van der Waals surface area contributed by atoms with Gasteiger partial charge in [0.1, 0.15) is 6.54 Å². The number of guanidine groups is 1. The van der Waals surface area contributed by atoms with Crippen LogP contribution < -0.4 is 10.2 Å². The molecular weight excluding hydrogens is 296 g/mol. The number of nitrogens with zero attached hydrogens (tertiary/aromatic N) is 3. The number of hydrogen-bond acceptors (Lipinski definition) is 2. The first-order valence-corrected chi connectivity index (χ1v) is 8.01. The van der Waals surface area contributed by atoms with Crippen molar-refractivity contribution >= 4 is 23.2 Å². The zero-order valence-electron chi connectivity index (χ0n) is 13.3. The van der Waals surface area contributed by atoms with Gasteiger partial charge in [0, 0.05) is 43.4 Å². The molecule has 22 heavy (non-hydrogen) atoms. The summed E-state index contributed by atoms with van der Waals surface area (Å²) in [6.07, 6.45) is 5.31. The number of rotatable bonds is 3. The number of aryl methyl sites for hydroxylation is 1. The van der Waals surface area contributed by atoms with Gasteiger partial charge in [-0.3, -0.25) is 0 Å². The van der Waals surface area contributed by atoms with Crippen molar-refractivity contribution in [3.63, 3.8) is 0 Å². The second kappa shape index (κ2) is 7.95. The van der Waals surface area contributed by atoms with Gasteiger partial charge in [-0.2, -0.15) is 0 Å². The van der Waals surface area contributed by atoms with Gasteiger partial charge in [-0.1, -0.05) is 23.6 Å². The van der Waals surface area contributed by atoms with Gasteiger partial charge in [-0.25, -0.2) is 4.99 Å². The number of hydrogen-bond donors (Lipinski definition) is 1. The summed E-state index contributed by atoms with van der Waals surface area (Å²) in [5, 5.41) is 4.09. The molecule has 1 aliphatic rings. The van der Waals surface area contributed by atoms with Crippen molar-refractivity contribution < 1.29 is 0 Å². The third kappa shape index (κ3) is 4.08. The van der Waals surface area contributed by atoms with E-state index in [1.807, 2.05) is 12.1 Å². The molecule has 0 unspecified atom stereocenters. The van der Waals surface area contributed by atoms with Crippen LogP contribution in [0.4, 0.5) is 5.69 Å². The first kappa shape index (κ1) is 16.5. The molecule has 1 saturated heterocycles. The van der Waals surface area contributed by atoms with Gasteiger partial charge in [-0.15, -0.1) is 6.42 Å². The number of anilines is 1. The molecule has 0 spiro atoms. The van der Waals surface area contributed by atoms with Gasteiger partial charge < -0.3 is 15.1 Å². The van der Waals surface area contributed by atoms with Crippen molar-refractivity contribution in [2.75, 3.05) is 44.2 Å². The summed E-state index contributed by atoms with van der Waals surface area (Å²) in [7, 11) is 0. The Labute approximate surface area is 138 Å². The SMILES string of the molecule is C#CCN=C(NCC)N1CCN(c2cc(Cl)ccc2C)CC1. The van der Waals surface area contributed by atoms with E-state index < -0.39 is 0 Å². The lowest BCUT2D eigenvalue weighted by Crippen LogP contribution is -2.52. The molecule has 5 heteroatoms. The van der Waals surface area contributed by atoms with Gasteiger partial charge in [-0.05, 0) is 31.5 Å². The maximum Gasteiger partial charge on any atom is 0.195 e. The Balaban J connectivity index is 2.03. The molecule has 0 atom stereocenters. The standard InChI is InChI=1S/C17H23ClN4/c1-4-8-20-17(19-5-2)22-11-9-21(10-12-22)16-13-15(18)7-6-14(16)3/h1,6-7,13H,5,8-12H2,2-3H3,(H,19,20). The summed E-state index contributed by atoms with van der Waals surface area (Å²) >= 11 is 6.13. The maximum absolute atomic E-state index is 6.13. The summed E-state index contributed by atoms with van der Waals surface area (Å²) in [6, 6.07) is 6.05. The number of halogens is 1. The monoisotopic (exact) mass is 318 g/mol. The van der Waals surface area contributed by atoms with Gasteiger partial charge >= 0.3 is 0 Å². The quantitative estimate of drug-likeness (QED) is 0.527. The van der Waals surface area contributed by atoms with Crippen LogP contribution in [0.25, 0.3) is 0 Å². The van der Waals surface area contributed by atoms with Crippen LogP contribution in [0.2, 0.25) is 5.02 Å². The lowest BCUT2D eigenvalue weighted by atomic mass is 10.1. The van der Waals surface area contributed by atoms with Crippen molar-refractivity contribution in [2.45, 2.75) is 13.8 Å². The predicted octanol–water partition coefficient (Wildman–Crippen LogP) is 2.37. The molecule has 1 aromatic carbocycles. The summed E-state index contributed by atoms with van der Waals surface area (Å²) in [5.74, 6) is 3.47. The van der Waals surface area contributed by atoms with E-state index in [1.54, 1.807) is 0 Å². The summed E-state index contributed by atoms with van der Waals surface area (Å²) < 4.78 is 0. The Morgan fingerprint density at radius 1 is 1.36 bits per heavy atom. The highest BCUT2D eigenvalue weighted by molar-refractivity contribution is 6.30. The van der Waals surface area contributed by atoms with Gasteiger partial charge in [0.15, 0.2) is 5.96 Å². The number of terminal acetylenes is 1. The van der Waals surface area contributed by atoms with E-state index in [0.717, 1.165) is 43.7 Å². The summed E-state index contributed by atoms with van der Waals surface area (Å²) in [5.41, 5.74) is 2.48. The van der Waals surface area contributed by atoms with E-state index in [1.165, 1.54) is 11.3 Å². The van der Waals surface area contributed by atoms with E-state index in [2.05, 4.69) is 45.9 Å². The smallest absolute Gasteiger partial charge is 0.195 e. The van der Waals surface area contributed by atoms with Crippen molar-refractivity contribution in [2.24, 2.45) is 4.99 Å². The minimum Gasteiger partial charge on any atom is -0.368 e. The number of piperazine rings is 1. The zero-order valence-corrected chi connectivity index (χ0v) is 14.0. The second-order valence-corrected chi connectivity index (χ2v) is 5.72. The number of benzene rings is 1. The molecule has 118 valence electrons. The second-order valence-electron chi connectivity index (χ2n) is 5.28. The molecule has 1 aromatic rings. The number of nitrogens with one attached hydrogen (secondary N) is 1. The van der Waals surface area contributed by atoms with E-state index >= 15 is 0 Å². The van der Waals surface area contributed by atoms with Gasteiger partial charge in [0.2, 0.25) is 0 Å². The zero-order chi connectivity index (χ0) is 15.9. The lowest BCUT2D eigenvalue weighted by molar-refractivity contribution is 0.373. The molecule has 4 nitrogen and oxygen atoms in total. The lowest BCUT2D eigenvalue weighted by Gasteiger charge is -2.38. The normalized spacial score (nSPS) is 15.6. The van der Waals surface area contributed by atoms with Crippen LogP contribution in [-0.4, -0.2) is 50.1 Å². The third-order valence-corrected chi connectivity index (χ3v) is 3.98. The van der Waals surface area contributed by atoms with Crippen LogP contribution in [-0.2, 0) is 0 Å². The van der Waals surface area contributed by atoms with E-state index in [-0.39, 0.29) is 0 Å². The van der Waals surface area contributed by atoms with Crippen LogP contribution in [0, 0.1) is 19.3 Å². The maximum atomic E-state index is 6.13. The molecule has 0 saturated carbocycles. The van der Waals surface area contributed by atoms with Gasteiger partial charge in [0.05, 0.1) is 0 Å². The van der Waals surface area contributed by atoms with Crippen molar-refractivity contribution in [1.82, 2.24) is 10.2 Å². The third-order valence-electron chi connectivity index (χ3n) is 3.75. The highest BCUT2D eigenvalue weighted by atomic mass is 35.5. The fourth-order valence-corrected chi connectivity index (χ4v) is 2.80. The molecule has 1 aliphatic heterocycles. The van der Waals surface area contributed by atoms with E-state index in [0.29, 0.717) is 6.54 Å². The largest absolute Gasteiger partial charge is 0.368 e. The molecule has 1 heterocycles.